The highest BCUT2D eigenvalue weighted by atomic mass is 32.1. The zero-order valence-corrected chi connectivity index (χ0v) is 14.8. The first-order valence-electron chi connectivity index (χ1n) is 7.19. The predicted octanol–water partition coefficient (Wildman–Crippen LogP) is 5.28. The Hall–Kier alpha value is -2.19. The smallest absolute Gasteiger partial charge is 0.416 e. The van der Waals surface area contributed by atoms with Crippen LogP contribution in [0, 0.1) is 0 Å². The van der Waals surface area contributed by atoms with Gasteiger partial charge in [-0.1, -0.05) is 30.5 Å². The minimum atomic E-state index is -4.40. The Labute approximate surface area is 154 Å². The maximum absolute atomic E-state index is 12.7. The summed E-state index contributed by atoms with van der Waals surface area (Å²) in [6.45, 7) is 0. The highest BCUT2D eigenvalue weighted by molar-refractivity contribution is 7.82. The molecule has 2 aromatic carbocycles. The van der Waals surface area contributed by atoms with Crippen LogP contribution in [0.2, 0.25) is 0 Å². The molecule has 2 N–H and O–H groups in total. The van der Waals surface area contributed by atoms with E-state index in [4.69, 9.17) is 29.2 Å². The maximum Gasteiger partial charge on any atom is 0.416 e. The fourth-order valence-electron chi connectivity index (χ4n) is 2.00. The van der Waals surface area contributed by atoms with Gasteiger partial charge in [0.25, 0.3) is 0 Å². The van der Waals surface area contributed by atoms with Crippen molar-refractivity contribution in [1.29, 1.82) is 0 Å². The molecule has 8 heteroatoms. The molecule has 2 rings (SSSR count). The molecule has 0 aromatic heterocycles. The van der Waals surface area contributed by atoms with E-state index in [0.29, 0.717) is 9.98 Å². The molecule has 0 spiro atoms. The van der Waals surface area contributed by atoms with Gasteiger partial charge < -0.3 is 15.4 Å². The highest BCUT2D eigenvalue weighted by Gasteiger charge is 2.30. The lowest BCUT2D eigenvalue weighted by Crippen LogP contribution is -2.19. The maximum atomic E-state index is 12.7. The molecule has 0 aliphatic heterocycles. The van der Waals surface area contributed by atoms with Crippen LogP contribution in [0.1, 0.15) is 12.0 Å². The van der Waals surface area contributed by atoms with Crippen molar-refractivity contribution in [3.63, 3.8) is 0 Å². The lowest BCUT2D eigenvalue weighted by molar-refractivity contribution is -0.137. The van der Waals surface area contributed by atoms with Gasteiger partial charge in [-0.2, -0.15) is 13.2 Å². The summed E-state index contributed by atoms with van der Waals surface area (Å²) in [6, 6.07) is 12.0. The van der Waals surface area contributed by atoms with E-state index in [0.717, 1.165) is 23.6 Å². The third kappa shape index (κ3) is 5.99. The molecule has 0 saturated heterocycles. The van der Waals surface area contributed by atoms with E-state index < -0.39 is 11.7 Å². The zero-order chi connectivity index (χ0) is 18.4. The first kappa shape index (κ1) is 19.1. The molecule has 0 amide bonds. The molecule has 0 saturated carbocycles. The molecular formula is C17H15F3N2OS2. The molecule has 0 unspecified atom stereocenters. The molecule has 0 aliphatic rings. The van der Waals surface area contributed by atoms with Crippen LogP contribution < -0.4 is 15.4 Å². The van der Waals surface area contributed by atoms with Crippen molar-refractivity contribution >= 4 is 45.8 Å². The average Bonchev–Trinajstić information content (AvgIpc) is 2.54. The normalized spacial score (nSPS) is 10.9. The fourth-order valence-corrected chi connectivity index (χ4v) is 2.62. The van der Waals surface area contributed by atoms with E-state index in [9.17, 15) is 13.2 Å². The average molecular weight is 384 g/mol. The van der Waals surface area contributed by atoms with E-state index in [2.05, 4.69) is 10.6 Å². The lowest BCUT2D eigenvalue weighted by Gasteiger charge is -2.13. The molecule has 25 heavy (non-hydrogen) atoms. The number of hydrogen-bond acceptors (Lipinski definition) is 3. The predicted molar refractivity (Wildman–Crippen MR) is 101 cm³/mol. The number of thiocarbonyl (C=S) groups is 2. The Morgan fingerprint density at radius 3 is 2.12 bits per heavy atom. The van der Waals surface area contributed by atoms with Crippen molar-refractivity contribution in [2.45, 2.75) is 12.6 Å². The van der Waals surface area contributed by atoms with Crippen LogP contribution in [0.3, 0.4) is 0 Å². The summed E-state index contributed by atoms with van der Waals surface area (Å²) in [4.78, 5) is 0.778. The number of anilines is 2. The van der Waals surface area contributed by atoms with Crippen LogP contribution in [0.5, 0.6) is 5.75 Å². The minimum absolute atomic E-state index is 0.215. The molecule has 0 bridgehead atoms. The van der Waals surface area contributed by atoms with Crippen molar-refractivity contribution in [3.8, 4) is 5.75 Å². The number of alkyl halides is 3. The Morgan fingerprint density at radius 1 is 0.960 bits per heavy atom. The van der Waals surface area contributed by atoms with Gasteiger partial charge in [0.1, 0.15) is 5.75 Å². The zero-order valence-electron chi connectivity index (χ0n) is 13.2. The number of hydrogen-bond donors (Lipinski definition) is 2. The van der Waals surface area contributed by atoms with Crippen LogP contribution in [-0.4, -0.2) is 17.1 Å². The largest absolute Gasteiger partial charge is 0.497 e. The van der Waals surface area contributed by atoms with Crippen LogP contribution >= 0.6 is 24.4 Å². The molecular weight excluding hydrogens is 369 g/mol. The molecule has 0 heterocycles. The van der Waals surface area contributed by atoms with Crippen LogP contribution in [0.15, 0.2) is 48.5 Å². The number of methoxy groups -OCH3 is 1. The second-order valence-corrected chi connectivity index (χ2v) is 6.07. The number of benzene rings is 2. The lowest BCUT2D eigenvalue weighted by atomic mass is 10.2. The Kier molecular flexibility index (Phi) is 6.33. The van der Waals surface area contributed by atoms with Gasteiger partial charge in [-0.15, -0.1) is 0 Å². The SMILES string of the molecule is COc1ccc(NC(=S)CC(=S)Nc2cccc(C(F)(F)F)c2)cc1. The first-order chi connectivity index (χ1) is 11.8. The third-order valence-electron chi connectivity index (χ3n) is 3.17. The number of nitrogens with one attached hydrogen (secondary N) is 2. The van der Waals surface area contributed by atoms with Crippen molar-refractivity contribution in [2.75, 3.05) is 17.7 Å². The Bertz CT molecular complexity index is 761. The van der Waals surface area contributed by atoms with Gasteiger partial charge in [0.2, 0.25) is 0 Å². The van der Waals surface area contributed by atoms with Gasteiger partial charge in [-0.05, 0) is 42.5 Å². The molecule has 132 valence electrons. The third-order valence-corrected chi connectivity index (χ3v) is 3.66. The van der Waals surface area contributed by atoms with Crippen molar-refractivity contribution < 1.29 is 17.9 Å². The van der Waals surface area contributed by atoms with Crippen LogP contribution in [-0.2, 0) is 6.18 Å². The van der Waals surface area contributed by atoms with E-state index in [1.54, 1.807) is 31.4 Å². The summed E-state index contributed by atoms with van der Waals surface area (Å²) in [5.74, 6) is 0.721. The standard InChI is InChI=1S/C17H15F3N2OS2/c1-23-14-7-5-12(6-8-14)21-15(24)10-16(25)22-13-4-2-3-11(9-13)17(18,19)20/h2-9H,10H2,1H3,(H,21,24)(H,22,25). The van der Waals surface area contributed by atoms with Crippen LogP contribution in [0.25, 0.3) is 0 Å². The highest BCUT2D eigenvalue weighted by Crippen LogP contribution is 2.30. The molecule has 0 fully saturated rings. The van der Waals surface area contributed by atoms with E-state index >= 15 is 0 Å². The second-order valence-electron chi connectivity index (χ2n) is 5.08. The van der Waals surface area contributed by atoms with Gasteiger partial charge in [-0.3, -0.25) is 0 Å². The molecule has 0 atom stereocenters. The van der Waals surface area contributed by atoms with Crippen molar-refractivity contribution in [2.24, 2.45) is 0 Å². The van der Waals surface area contributed by atoms with E-state index in [-0.39, 0.29) is 12.1 Å². The topological polar surface area (TPSA) is 33.3 Å². The van der Waals surface area contributed by atoms with E-state index in [1.165, 1.54) is 12.1 Å². The number of ether oxygens (including phenoxy) is 1. The van der Waals surface area contributed by atoms with Gasteiger partial charge in [0, 0.05) is 17.8 Å². The monoisotopic (exact) mass is 384 g/mol. The Morgan fingerprint density at radius 2 is 1.56 bits per heavy atom. The van der Waals surface area contributed by atoms with E-state index in [1.807, 2.05) is 0 Å². The van der Waals surface area contributed by atoms with Gasteiger partial charge >= 0.3 is 6.18 Å². The summed E-state index contributed by atoms with van der Waals surface area (Å²) in [5, 5.41) is 5.79. The molecule has 3 nitrogen and oxygen atoms in total. The molecule has 0 aliphatic carbocycles. The Balaban J connectivity index is 1.92. The molecule has 0 radical (unpaired) electrons. The summed E-state index contributed by atoms with van der Waals surface area (Å²) < 4.78 is 43.2. The summed E-state index contributed by atoms with van der Waals surface area (Å²) in [5.41, 5.74) is 0.305. The molecule has 2 aromatic rings. The van der Waals surface area contributed by atoms with Gasteiger partial charge in [-0.25, -0.2) is 0 Å². The number of rotatable bonds is 5. The van der Waals surface area contributed by atoms with Crippen molar-refractivity contribution in [3.05, 3.63) is 54.1 Å². The summed E-state index contributed by atoms with van der Waals surface area (Å²) in [7, 11) is 1.57. The minimum Gasteiger partial charge on any atom is -0.497 e. The quantitative estimate of drug-likeness (QED) is 0.685. The van der Waals surface area contributed by atoms with Gasteiger partial charge in [0.15, 0.2) is 0 Å². The summed E-state index contributed by atoms with van der Waals surface area (Å²) in [6.07, 6.45) is -4.18. The number of halogens is 3. The first-order valence-corrected chi connectivity index (χ1v) is 8.00. The van der Waals surface area contributed by atoms with Crippen LogP contribution in [0.4, 0.5) is 24.5 Å². The fraction of sp³-hybridized carbons (Fsp3) is 0.176. The second kappa shape index (κ2) is 8.26. The van der Waals surface area contributed by atoms with Crippen molar-refractivity contribution in [1.82, 2.24) is 0 Å². The van der Waals surface area contributed by atoms with Gasteiger partial charge in [0.05, 0.1) is 22.7 Å². The summed E-state index contributed by atoms with van der Waals surface area (Å²) >= 11 is 10.4.